The van der Waals surface area contributed by atoms with E-state index in [0.717, 1.165) is 25.0 Å². The zero-order valence-corrected chi connectivity index (χ0v) is 9.64. The highest BCUT2D eigenvalue weighted by Crippen LogP contribution is 2.28. The zero-order chi connectivity index (χ0) is 11.7. The number of aryl methyl sites for hydroxylation is 1. The summed E-state index contributed by atoms with van der Waals surface area (Å²) in [6.45, 7) is 0. The van der Waals surface area contributed by atoms with E-state index in [2.05, 4.69) is 30.7 Å². The third-order valence-electron chi connectivity index (χ3n) is 3.17. The summed E-state index contributed by atoms with van der Waals surface area (Å²) in [4.78, 5) is 8.94. The molecule has 6 nitrogen and oxygen atoms in total. The van der Waals surface area contributed by atoms with Crippen LogP contribution in [-0.4, -0.2) is 32.4 Å². The van der Waals surface area contributed by atoms with E-state index >= 15 is 0 Å². The van der Waals surface area contributed by atoms with Gasteiger partial charge in [0, 0.05) is 23.5 Å². The molecule has 3 rings (SSSR count). The summed E-state index contributed by atoms with van der Waals surface area (Å²) in [7, 11) is 1.98. The third-order valence-corrected chi connectivity index (χ3v) is 3.17. The first-order valence-electron chi connectivity index (χ1n) is 5.77. The molecule has 1 aliphatic carbocycles. The average molecular weight is 230 g/mol. The number of aromatic nitrogens is 5. The van der Waals surface area contributed by atoms with E-state index in [9.17, 15) is 0 Å². The van der Waals surface area contributed by atoms with E-state index < -0.39 is 0 Å². The molecule has 2 aromatic rings. The Bertz CT molecular complexity index is 507. The second-order valence-electron chi connectivity index (χ2n) is 4.18. The molecule has 0 saturated heterocycles. The van der Waals surface area contributed by atoms with Gasteiger partial charge in [-0.05, 0) is 26.3 Å². The van der Waals surface area contributed by atoms with Crippen LogP contribution in [0.5, 0.6) is 0 Å². The van der Waals surface area contributed by atoms with Crippen LogP contribution in [0.4, 0.5) is 0 Å². The quantitative estimate of drug-likeness (QED) is 0.799. The number of nitrogens with one attached hydrogen (secondary N) is 2. The summed E-state index contributed by atoms with van der Waals surface area (Å²) in [5, 5.41) is 13.6. The van der Waals surface area contributed by atoms with Crippen LogP contribution in [0.1, 0.15) is 30.1 Å². The van der Waals surface area contributed by atoms with Gasteiger partial charge in [0.15, 0.2) is 5.82 Å². The SMILES string of the molecule is CNC1CCCc2nc(-c3cn[nH]n3)ncc21. The topological polar surface area (TPSA) is 79.4 Å². The van der Waals surface area contributed by atoms with Crippen LogP contribution in [0.2, 0.25) is 0 Å². The molecule has 1 aliphatic rings. The van der Waals surface area contributed by atoms with Crippen LogP contribution >= 0.6 is 0 Å². The summed E-state index contributed by atoms with van der Waals surface area (Å²) < 4.78 is 0. The van der Waals surface area contributed by atoms with Crippen LogP contribution in [0, 0.1) is 0 Å². The largest absolute Gasteiger partial charge is 0.313 e. The second kappa shape index (κ2) is 4.21. The first kappa shape index (κ1) is 10.3. The Morgan fingerprint density at radius 1 is 1.41 bits per heavy atom. The Labute approximate surface area is 98.9 Å². The van der Waals surface area contributed by atoms with Crippen LogP contribution in [0.15, 0.2) is 12.4 Å². The number of aromatic amines is 1. The molecule has 2 heterocycles. The van der Waals surface area contributed by atoms with Crippen molar-refractivity contribution in [3.8, 4) is 11.5 Å². The van der Waals surface area contributed by atoms with Gasteiger partial charge in [-0.1, -0.05) is 0 Å². The van der Waals surface area contributed by atoms with Crippen molar-refractivity contribution in [2.75, 3.05) is 7.05 Å². The second-order valence-corrected chi connectivity index (χ2v) is 4.18. The molecular weight excluding hydrogens is 216 g/mol. The van der Waals surface area contributed by atoms with Gasteiger partial charge in [0.05, 0.1) is 6.20 Å². The molecule has 0 bridgehead atoms. The predicted octanol–water partition coefficient (Wildman–Crippen LogP) is 0.858. The van der Waals surface area contributed by atoms with Crippen molar-refractivity contribution in [3.05, 3.63) is 23.7 Å². The number of rotatable bonds is 2. The maximum Gasteiger partial charge on any atom is 0.181 e. The Hall–Kier alpha value is -1.82. The fraction of sp³-hybridized carbons (Fsp3) is 0.455. The molecule has 17 heavy (non-hydrogen) atoms. The maximum absolute atomic E-state index is 4.58. The van der Waals surface area contributed by atoms with Crippen LogP contribution in [0.3, 0.4) is 0 Å². The van der Waals surface area contributed by atoms with Gasteiger partial charge in [0.2, 0.25) is 0 Å². The molecule has 0 fully saturated rings. The lowest BCUT2D eigenvalue weighted by molar-refractivity contribution is 0.487. The number of nitrogens with zero attached hydrogens (tertiary/aromatic N) is 4. The summed E-state index contributed by atoms with van der Waals surface area (Å²) in [6, 6.07) is 0.380. The van der Waals surface area contributed by atoms with E-state index in [1.54, 1.807) is 6.20 Å². The summed E-state index contributed by atoms with van der Waals surface area (Å²) >= 11 is 0. The Morgan fingerprint density at radius 2 is 2.35 bits per heavy atom. The fourth-order valence-electron chi connectivity index (χ4n) is 2.28. The van der Waals surface area contributed by atoms with Crippen molar-refractivity contribution in [2.45, 2.75) is 25.3 Å². The summed E-state index contributed by atoms with van der Waals surface area (Å²) in [5.41, 5.74) is 3.04. The number of fused-ring (bicyclic) bond motifs is 1. The summed E-state index contributed by atoms with van der Waals surface area (Å²) in [6.07, 6.45) is 6.87. The van der Waals surface area contributed by atoms with Crippen LogP contribution in [-0.2, 0) is 6.42 Å². The maximum atomic E-state index is 4.58. The van der Waals surface area contributed by atoms with Crippen LogP contribution < -0.4 is 5.32 Å². The minimum atomic E-state index is 0.380. The van der Waals surface area contributed by atoms with Crippen molar-refractivity contribution in [1.29, 1.82) is 0 Å². The third kappa shape index (κ3) is 1.80. The minimum absolute atomic E-state index is 0.380. The van der Waals surface area contributed by atoms with Gasteiger partial charge in [-0.25, -0.2) is 9.97 Å². The summed E-state index contributed by atoms with van der Waals surface area (Å²) in [5.74, 6) is 0.647. The smallest absolute Gasteiger partial charge is 0.181 e. The Morgan fingerprint density at radius 3 is 3.12 bits per heavy atom. The molecule has 2 aromatic heterocycles. The highest BCUT2D eigenvalue weighted by atomic mass is 15.3. The van der Waals surface area contributed by atoms with Crippen molar-refractivity contribution in [3.63, 3.8) is 0 Å². The van der Waals surface area contributed by atoms with Crippen molar-refractivity contribution < 1.29 is 0 Å². The Kier molecular flexibility index (Phi) is 2.56. The normalized spacial score (nSPS) is 19.0. The van der Waals surface area contributed by atoms with Gasteiger partial charge >= 0.3 is 0 Å². The standard InChI is InChI=1S/C11H14N6/c1-12-8-3-2-4-9-7(8)5-13-11(15-9)10-6-14-17-16-10/h5-6,8,12H,2-4H2,1H3,(H,14,16,17). The van der Waals surface area contributed by atoms with Gasteiger partial charge in [0.25, 0.3) is 0 Å². The average Bonchev–Trinajstić information content (AvgIpc) is 2.91. The van der Waals surface area contributed by atoms with Gasteiger partial charge < -0.3 is 5.32 Å². The predicted molar refractivity (Wildman–Crippen MR) is 62.1 cm³/mol. The van der Waals surface area contributed by atoms with E-state index in [1.165, 1.54) is 5.56 Å². The highest BCUT2D eigenvalue weighted by Gasteiger charge is 2.21. The van der Waals surface area contributed by atoms with Crippen molar-refractivity contribution >= 4 is 0 Å². The van der Waals surface area contributed by atoms with E-state index in [0.29, 0.717) is 17.6 Å². The molecular formula is C11H14N6. The lowest BCUT2D eigenvalue weighted by atomic mass is 9.92. The first-order chi connectivity index (χ1) is 8.38. The highest BCUT2D eigenvalue weighted by molar-refractivity contribution is 5.47. The fourth-order valence-corrected chi connectivity index (χ4v) is 2.28. The van der Waals surface area contributed by atoms with E-state index in [-0.39, 0.29) is 0 Å². The lowest BCUT2D eigenvalue weighted by Gasteiger charge is -2.23. The molecule has 0 aliphatic heterocycles. The van der Waals surface area contributed by atoms with Crippen molar-refractivity contribution in [1.82, 2.24) is 30.7 Å². The molecule has 0 amide bonds. The number of H-pyrrole nitrogens is 1. The Balaban J connectivity index is 2.02. The van der Waals surface area contributed by atoms with Gasteiger partial charge in [-0.15, -0.1) is 0 Å². The molecule has 88 valence electrons. The molecule has 6 heteroatoms. The van der Waals surface area contributed by atoms with E-state index in [4.69, 9.17) is 0 Å². The van der Waals surface area contributed by atoms with Crippen LogP contribution in [0.25, 0.3) is 11.5 Å². The molecule has 1 unspecified atom stereocenters. The van der Waals surface area contributed by atoms with Gasteiger partial charge in [0.1, 0.15) is 5.69 Å². The van der Waals surface area contributed by atoms with E-state index in [1.807, 2.05) is 13.2 Å². The van der Waals surface area contributed by atoms with Crippen molar-refractivity contribution in [2.24, 2.45) is 0 Å². The van der Waals surface area contributed by atoms with Gasteiger partial charge in [-0.3, -0.25) is 0 Å². The lowest BCUT2D eigenvalue weighted by Crippen LogP contribution is -2.22. The first-order valence-corrected chi connectivity index (χ1v) is 5.77. The molecule has 0 radical (unpaired) electrons. The van der Waals surface area contributed by atoms with Gasteiger partial charge in [-0.2, -0.15) is 15.4 Å². The molecule has 0 spiro atoms. The molecule has 0 aromatic carbocycles. The monoisotopic (exact) mass is 230 g/mol. The molecule has 1 atom stereocenters. The molecule has 2 N–H and O–H groups in total. The zero-order valence-electron chi connectivity index (χ0n) is 9.64. The minimum Gasteiger partial charge on any atom is -0.313 e. The number of hydrogen-bond donors (Lipinski definition) is 2. The number of hydrogen-bond acceptors (Lipinski definition) is 5. The molecule has 0 saturated carbocycles.